The second-order valence-electron chi connectivity index (χ2n) is 1.58. The van der Waals surface area contributed by atoms with Crippen molar-refractivity contribution >= 4 is 23.1 Å². The second-order valence-corrected chi connectivity index (χ2v) is 1.58. The molecular weight excluding hydrogens is 116 g/mol. The molecule has 3 heteroatoms. The number of hydrogen-bond donors (Lipinski definition) is 0. The SMILES string of the molecule is CCC1OCCO1.[H-].[H-].[Mg+2]. The molecule has 1 fully saturated rings. The monoisotopic (exact) mass is 128 g/mol. The van der Waals surface area contributed by atoms with Crippen LogP contribution in [0, 0.1) is 0 Å². The van der Waals surface area contributed by atoms with Crippen molar-refractivity contribution in [2.45, 2.75) is 19.6 Å². The molecule has 0 atom stereocenters. The minimum atomic E-state index is 0. The van der Waals surface area contributed by atoms with Crippen molar-refractivity contribution in [1.29, 1.82) is 0 Å². The zero-order valence-electron chi connectivity index (χ0n) is 7.22. The Labute approximate surface area is 68.7 Å². The molecule has 1 saturated heterocycles. The zero-order chi connectivity index (χ0) is 5.11. The summed E-state index contributed by atoms with van der Waals surface area (Å²) >= 11 is 0. The molecule has 2 nitrogen and oxygen atoms in total. The van der Waals surface area contributed by atoms with Gasteiger partial charge in [0.05, 0.1) is 13.2 Å². The average molecular weight is 128 g/mol. The van der Waals surface area contributed by atoms with Gasteiger partial charge in [0.2, 0.25) is 0 Å². The first-order valence-corrected chi connectivity index (χ1v) is 2.66. The van der Waals surface area contributed by atoms with E-state index in [1.54, 1.807) is 0 Å². The van der Waals surface area contributed by atoms with Gasteiger partial charge >= 0.3 is 23.1 Å². The van der Waals surface area contributed by atoms with Crippen molar-refractivity contribution in [2.75, 3.05) is 13.2 Å². The van der Waals surface area contributed by atoms with Gasteiger partial charge in [-0.2, -0.15) is 0 Å². The van der Waals surface area contributed by atoms with Gasteiger partial charge in [-0.1, -0.05) is 6.92 Å². The smallest absolute Gasteiger partial charge is 1.00 e. The molecule has 1 aliphatic heterocycles. The molecule has 0 bridgehead atoms. The van der Waals surface area contributed by atoms with Gasteiger partial charge in [0.15, 0.2) is 6.29 Å². The predicted octanol–water partition coefficient (Wildman–Crippen LogP) is 0.613. The Morgan fingerprint density at radius 2 is 2.00 bits per heavy atom. The van der Waals surface area contributed by atoms with E-state index in [-0.39, 0.29) is 32.2 Å². The summed E-state index contributed by atoms with van der Waals surface area (Å²) in [7, 11) is 0. The molecule has 0 aromatic heterocycles. The first kappa shape index (κ1) is 8.69. The molecule has 0 saturated carbocycles. The minimum absolute atomic E-state index is 0. The molecule has 8 heavy (non-hydrogen) atoms. The van der Waals surface area contributed by atoms with Crippen LogP contribution in [0.5, 0.6) is 0 Å². The van der Waals surface area contributed by atoms with Crippen molar-refractivity contribution in [3.8, 4) is 0 Å². The van der Waals surface area contributed by atoms with Crippen LogP contribution >= 0.6 is 0 Å². The van der Waals surface area contributed by atoms with E-state index in [1.807, 2.05) is 0 Å². The van der Waals surface area contributed by atoms with Gasteiger partial charge in [-0.25, -0.2) is 0 Å². The van der Waals surface area contributed by atoms with E-state index in [1.165, 1.54) is 0 Å². The topological polar surface area (TPSA) is 18.5 Å². The van der Waals surface area contributed by atoms with Gasteiger partial charge < -0.3 is 12.3 Å². The van der Waals surface area contributed by atoms with Crippen LogP contribution in [0.4, 0.5) is 0 Å². The summed E-state index contributed by atoms with van der Waals surface area (Å²) in [4.78, 5) is 0. The summed E-state index contributed by atoms with van der Waals surface area (Å²) in [6.07, 6.45) is 1.07. The molecule has 0 amide bonds. The molecule has 1 heterocycles. The van der Waals surface area contributed by atoms with Gasteiger partial charge in [0.25, 0.3) is 0 Å². The van der Waals surface area contributed by atoms with Crippen LogP contribution in [0.15, 0.2) is 0 Å². The molecule has 1 rings (SSSR count). The summed E-state index contributed by atoms with van der Waals surface area (Å²) < 4.78 is 10.2. The van der Waals surface area contributed by atoms with Crippen molar-refractivity contribution in [3.63, 3.8) is 0 Å². The molecule has 0 aromatic rings. The summed E-state index contributed by atoms with van der Waals surface area (Å²) in [5.41, 5.74) is 0. The molecule has 0 N–H and O–H groups in total. The predicted molar refractivity (Wildman–Crippen MR) is 34.0 cm³/mol. The van der Waals surface area contributed by atoms with E-state index >= 15 is 0 Å². The third kappa shape index (κ3) is 2.30. The number of ether oxygens (including phenoxy) is 2. The molecule has 0 aliphatic carbocycles. The first-order chi connectivity index (χ1) is 3.43. The minimum Gasteiger partial charge on any atom is -1.00 e. The summed E-state index contributed by atoms with van der Waals surface area (Å²) in [6, 6.07) is 0. The molecule has 0 radical (unpaired) electrons. The van der Waals surface area contributed by atoms with E-state index < -0.39 is 0 Å². The molecule has 0 unspecified atom stereocenters. The van der Waals surface area contributed by atoms with Crippen LogP contribution in [-0.2, 0) is 9.47 Å². The quantitative estimate of drug-likeness (QED) is 0.482. The maximum Gasteiger partial charge on any atom is 2.00 e. The Balaban J connectivity index is -0.000000163. The van der Waals surface area contributed by atoms with Crippen molar-refractivity contribution in [3.05, 3.63) is 0 Å². The Kier molecular flexibility index (Phi) is 4.94. The Bertz CT molecular complexity index is 59.6. The summed E-state index contributed by atoms with van der Waals surface area (Å²) in [5, 5.41) is 0. The average Bonchev–Trinajstić information content (AvgIpc) is 2.14. The Morgan fingerprint density at radius 3 is 2.25 bits per heavy atom. The molecule has 46 valence electrons. The van der Waals surface area contributed by atoms with Crippen LogP contribution in [0.25, 0.3) is 0 Å². The van der Waals surface area contributed by atoms with E-state index in [9.17, 15) is 0 Å². The van der Waals surface area contributed by atoms with Crippen molar-refractivity contribution in [1.82, 2.24) is 0 Å². The maximum atomic E-state index is 5.08. The van der Waals surface area contributed by atoms with Crippen LogP contribution in [-0.4, -0.2) is 42.6 Å². The first-order valence-electron chi connectivity index (χ1n) is 2.66. The van der Waals surface area contributed by atoms with Crippen molar-refractivity contribution < 1.29 is 12.3 Å². The van der Waals surface area contributed by atoms with E-state index in [0.29, 0.717) is 0 Å². The molecular formula is C5H12MgO2. The van der Waals surface area contributed by atoms with Gasteiger partial charge in [-0.05, 0) is 6.42 Å². The van der Waals surface area contributed by atoms with Crippen LogP contribution in [0.3, 0.4) is 0 Å². The van der Waals surface area contributed by atoms with E-state index in [0.717, 1.165) is 19.6 Å². The Morgan fingerprint density at radius 1 is 1.50 bits per heavy atom. The third-order valence-electron chi connectivity index (χ3n) is 1.02. The number of hydrogen-bond acceptors (Lipinski definition) is 2. The van der Waals surface area contributed by atoms with E-state index in [2.05, 4.69) is 6.92 Å². The van der Waals surface area contributed by atoms with Crippen LogP contribution in [0.1, 0.15) is 16.2 Å². The normalized spacial score (nSPS) is 20.6. The molecule has 0 aromatic carbocycles. The van der Waals surface area contributed by atoms with Crippen LogP contribution in [0.2, 0.25) is 0 Å². The summed E-state index contributed by atoms with van der Waals surface area (Å²) in [5.74, 6) is 0. The maximum absolute atomic E-state index is 5.08. The summed E-state index contributed by atoms with van der Waals surface area (Å²) in [6.45, 7) is 3.60. The Hall–Kier alpha value is 0.686. The zero-order valence-corrected chi connectivity index (χ0v) is 6.64. The van der Waals surface area contributed by atoms with Gasteiger partial charge in [0.1, 0.15) is 0 Å². The van der Waals surface area contributed by atoms with Crippen LogP contribution < -0.4 is 0 Å². The fraction of sp³-hybridized carbons (Fsp3) is 1.00. The van der Waals surface area contributed by atoms with E-state index in [4.69, 9.17) is 9.47 Å². The molecule has 0 spiro atoms. The largest absolute Gasteiger partial charge is 2.00 e. The fourth-order valence-corrected chi connectivity index (χ4v) is 0.643. The third-order valence-corrected chi connectivity index (χ3v) is 1.02. The molecule has 1 aliphatic rings. The standard InChI is InChI=1S/C5H10O2.Mg.2H/c1-2-5-6-3-4-7-5;;;/h5H,2-4H2,1H3;;;/q;+2;2*-1. The second kappa shape index (κ2) is 4.55. The van der Waals surface area contributed by atoms with Crippen molar-refractivity contribution in [2.24, 2.45) is 0 Å². The van der Waals surface area contributed by atoms with Gasteiger partial charge in [0, 0.05) is 0 Å². The van der Waals surface area contributed by atoms with Gasteiger partial charge in [-0.15, -0.1) is 0 Å². The fourth-order valence-electron chi connectivity index (χ4n) is 0.643. The van der Waals surface area contributed by atoms with Gasteiger partial charge in [-0.3, -0.25) is 0 Å². The number of rotatable bonds is 1.